The van der Waals surface area contributed by atoms with E-state index in [1.807, 2.05) is 6.92 Å². The first kappa shape index (κ1) is 29.4. The first-order valence-corrected chi connectivity index (χ1v) is 14.8. The van der Waals surface area contributed by atoms with Gasteiger partial charge in [0.15, 0.2) is 6.29 Å². The molecule has 41 heavy (non-hydrogen) atoms. The third-order valence-corrected chi connectivity index (χ3v) is 12.0. The van der Waals surface area contributed by atoms with E-state index in [0.29, 0.717) is 12.8 Å². The molecule has 12 nitrogen and oxygen atoms in total. The number of carboxylic acids is 1. The van der Waals surface area contributed by atoms with Crippen LogP contribution in [0.15, 0.2) is 11.6 Å². The molecule has 6 aliphatic rings. The molecule has 0 unspecified atom stereocenters. The van der Waals surface area contributed by atoms with E-state index in [0.717, 1.165) is 5.57 Å². The molecule has 0 aromatic heterocycles. The summed E-state index contributed by atoms with van der Waals surface area (Å²) in [6.07, 6.45) is -5.30. The first-order valence-electron chi connectivity index (χ1n) is 14.8. The topological polar surface area (TPSA) is 203 Å². The van der Waals surface area contributed by atoms with Crippen molar-refractivity contribution in [1.82, 2.24) is 0 Å². The highest BCUT2D eigenvalue weighted by molar-refractivity contribution is 5.85. The predicted octanol–water partition coefficient (Wildman–Crippen LogP) is -0.393. The SMILES string of the molecule is C[C@@H]1O[C@@H](O[C@H]2CC[C@]3(C(=O)O)[C@H]4[C@H](O)C[C@]5(C)[C@@H](C6=CC(=O)OC6)CC[C@]5(O)[C@@H]4CC[C@]3(O)C2)[C@H](O)[C@H](O)[C@@H]1O. The van der Waals surface area contributed by atoms with Crippen molar-refractivity contribution in [3.8, 4) is 0 Å². The minimum atomic E-state index is -1.77. The molecule has 2 aliphatic heterocycles. The zero-order chi connectivity index (χ0) is 29.7. The molecule has 0 spiro atoms. The number of aliphatic hydroxyl groups is 6. The molecule has 5 fully saturated rings. The largest absolute Gasteiger partial charge is 0.481 e. The molecular formula is C29H42O12. The van der Waals surface area contributed by atoms with Gasteiger partial charge >= 0.3 is 11.9 Å². The second-order valence-corrected chi connectivity index (χ2v) is 13.7. The number of rotatable bonds is 4. The number of hydrogen-bond donors (Lipinski definition) is 7. The molecule has 7 N–H and O–H groups in total. The number of ether oxygens (including phenoxy) is 3. The zero-order valence-corrected chi connectivity index (χ0v) is 23.4. The van der Waals surface area contributed by atoms with E-state index < -0.39 is 88.7 Å². The normalized spacial score (nSPS) is 54.9. The third-order valence-electron chi connectivity index (χ3n) is 12.0. The van der Waals surface area contributed by atoms with Crippen molar-refractivity contribution in [2.24, 2.45) is 28.6 Å². The number of aliphatic carboxylic acids is 1. The van der Waals surface area contributed by atoms with E-state index >= 15 is 0 Å². The number of carbonyl (C=O) groups excluding carboxylic acids is 1. The summed E-state index contributed by atoms with van der Waals surface area (Å²) in [6, 6.07) is 0. The summed E-state index contributed by atoms with van der Waals surface area (Å²) >= 11 is 0. The van der Waals surface area contributed by atoms with Gasteiger partial charge < -0.3 is 50.0 Å². The Bertz CT molecular complexity index is 1130. The van der Waals surface area contributed by atoms with Gasteiger partial charge in [-0.15, -0.1) is 0 Å². The van der Waals surface area contributed by atoms with Crippen molar-refractivity contribution in [2.45, 2.75) is 119 Å². The van der Waals surface area contributed by atoms with Crippen LogP contribution in [0.4, 0.5) is 0 Å². The lowest BCUT2D eigenvalue weighted by Gasteiger charge is -2.66. The van der Waals surface area contributed by atoms with Gasteiger partial charge in [-0.3, -0.25) is 4.79 Å². The Labute approximate surface area is 237 Å². The van der Waals surface area contributed by atoms with Crippen LogP contribution < -0.4 is 0 Å². The maximum Gasteiger partial charge on any atom is 0.331 e. The second-order valence-electron chi connectivity index (χ2n) is 13.7. The Morgan fingerprint density at radius 1 is 1.00 bits per heavy atom. The Balaban J connectivity index is 1.28. The summed E-state index contributed by atoms with van der Waals surface area (Å²) in [5.41, 5.74) is -4.84. The molecule has 1 saturated heterocycles. The van der Waals surface area contributed by atoms with Crippen molar-refractivity contribution in [2.75, 3.05) is 6.61 Å². The summed E-state index contributed by atoms with van der Waals surface area (Å²) in [5, 5.41) is 77.6. The molecule has 0 aromatic carbocycles. The van der Waals surface area contributed by atoms with Gasteiger partial charge in [0.05, 0.1) is 29.5 Å². The smallest absolute Gasteiger partial charge is 0.331 e. The molecule has 0 aromatic rings. The maximum absolute atomic E-state index is 13.2. The fourth-order valence-electron chi connectivity index (χ4n) is 9.96. The summed E-state index contributed by atoms with van der Waals surface area (Å²) in [7, 11) is 0. The van der Waals surface area contributed by atoms with Gasteiger partial charge in [0.1, 0.15) is 30.3 Å². The van der Waals surface area contributed by atoms with Crippen molar-refractivity contribution >= 4 is 11.9 Å². The van der Waals surface area contributed by atoms with Crippen LogP contribution >= 0.6 is 0 Å². The fraction of sp³-hybridized carbons (Fsp3) is 0.862. The van der Waals surface area contributed by atoms with Crippen LogP contribution in [0.5, 0.6) is 0 Å². The molecule has 12 heteroatoms. The lowest BCUT2D eigenvalue weighted by molar-refractivity contribution is -0.322. The van der Waals surface area contributed by atoms with Gasteiger partial charge in [-0.05, 0) is 69.3 Å². The van der Waals surface area contributed by atoms with E-state index in [2.05, 4.69) is 0 Å². The summed E-state index contributed by atoms with van der Waals surface area (Å²) in [5.74, 6) is -3.35. The predicted molar refractivity (Wildman–Crippen MR) is 138 cm³/mol. The second kappa shape index (κ2) is 9.68. The quantitative estimate of drug-likeness (QED) is 0.167. The molecule has 0 radical (unpaired) electrons. The van der Waals surface area contributed by atoms with Crippen LogP contribution in [0.25, 0.3) is 0 Å². The highest BCUT2D eigenvalue weighted by atomic mass is 16.7. The Morgan fingerprint density at radius 2 is 1.73 bits per heavy atom. The molecule has 4 saturated carbocycles. The molecule has 0 amide bonds. The standard InChI is InChI=1S/C29H42O12/c1-13-21(32)22(33)23(34)24(40-13)41-15-3-7-28(25(35)36)20-17(4-6-27(28,37)10-15)29(38)8-5-16(14-9-19(31)39-12-14)26(29,2)11-18(20)30/h9,13,15-18,20-24,30,32-34,37-38H,3-8,10-12H2,1-2H3,(H,35,36)/t13-,15-,16+,17+,18+,20+,21+,22+,23+,24-,26+,27-,28+,29-/m0/s1. The monoisotopic (exact) mass is 582 g/mol. The van der Waals surface area contributed by atoms with Crippen molar-refractivity contribution in [3.05, 3.63) is 11.6 Å². The number of aliphatic hydroxyl groups excluding tert-OH is 4. The highest BCUT2D eigenvalue weighted by Gasteiger charge is 2.75. The Hall–Kier alpha value is -1.64. The Morgan fingerprint density at radius 3 is 2.39 bits per heavy atom. The number of esters is 1. The molecule has 0 bridgehead atoms. The minimum absolute atomic E-state index is 0.0327. The average Bonchev–Trinajstić information content (AvgIpc) is 3.44. The molecule has 2 heterocycles. The van der Waals surface area contributed by atoms with Gasteiger partial charge in [-0.25, -0.2) is 4.79 Å². The van der Waals surface area contributed by atoms with Crippen LogP contribution in [0.2, 0.25) is 0 Å². The summed E-state index contributed by atoms with van der Waals surface area (Å²) in [4.78, 5) is 25.0. The molecule has 6 rings (SSSR count). The zero-order valence-electron chi connectivity index (χ0n) is 23.4. The van der Waals surface area contributed by atoms with E-state index in [1.54, 1.807) is 0 Å². The number of fused-ring (bicyclic) bond motifs is 5. The van der Waals surface area contributed by atoms with Crippen molar-refractivity contribution in [3.63, 3.8) is 0 Å². The fourth-order valence-corrected chi connectivity index (χ4v) is 9.96. The summed E-state index contributed by atoms with van der Waals surface area (Å²) in [6.45, 7) is 3.59. The van der Waals surface area contributed by atoms with Gasteiger partial charge in [0, 0.05) is 23.8 Å². The van der Waals surface area contributed by atoms with Crippen LogP contribution in [-0.4, -0.2) is 108 Å². The Kier molecular flexibility index (Phi) is 6.95. The van der Waals surface area contributed by atoms with Crippen molar-refractivity contribution < 1.29 is 59.5 Å². The average molecular weight is 583 g/mol. The van der Waals surface area contributed by atoms with Gasteiger partial charge in [-0.2, -0.15) is 0 Å². The number of cyclic esters (lactones) is 1. The van der Waals surface area contributed by atoms with E-state index in [4.69, 9.17) is 14.2 Å². The number of carbonyl (C=O) groups is 2. The van der Waals surface area contributed by atoms with Crippen LogP contribution in [0.1, 0.15) is 65.2 Å². The lowest BCUT2D eigenvalue weighted by Crippen LogP contribution is -2.73. The van der Waals surface area contributed by atoms with Crippen molar-refractivity contribution in [1.29, 1.82) is 0 Å². The lowest BCUT2D eigenvalue weighted by atomic mass is 9.40. The number of hydrogen-bond acceptors (Lipinski definition) is 11. The van der Waals surface area contributed by atoms with Gasteiger partial charge in [-0.1, -0.05) is 6.92 Å². The van der Waals surface area contributed by atoms with Gasteiger partial charge in [0.25, 0.3) is 0 Å². The van der Waals surface area contributed by atoms with E-state index in [9.17, 15) is 45.3 Å². The van der Waals surface area contributed by atoms with E-state index in [-0.39, 0.29) is 51.0 Å². The highest BCUT2D eigenvalue weighted by Crippen LogP contribution is 2.71. The third kappa shape index (κ3) is 3.95. The first-order chi connectivity index (χ1) is 19.2. The van der Waals surface area contributed by atoms with Gasteiger partial charge in [0.2, 0.25) is 0 Å². The minimum Gasteiger partial charge on any atom is -0.481 e. The molecule has 4 aliphatic carbocycles. The molecule has 14 atom stereocenters. The number of carboxylic acid groups (broad SMARTS) is 1. The van der Waals surface area contributed by atoms with Crippen LogP contribution in [0, 0.1) is 28.6 Å². The van der Waals surface area contributed by atoms with Crippen LogP contribution in [-0.2, 0) is 23.8 Å². The summed E-state index contributed by atoms with van der Waals surface area (Å²) < 4.78 is 16.7. The molecule has 230 valence electrons. The van der Waals surface area contributed by atoms with Crippen LogP contribution in [0.3, 0.4) is 0 Å². The van der Waals surface area contributed by atoms with E-state index in [1.165, 1.54) is 13.0 Å². The maximum atomic E-state index is 13.2. The molecular weight excluding hydrogens is 540 g/mol.